The van der Waals surface area contributed by atoms with Crippen LogP contribution in [0, 0.1) is 23.6 Å². The molecule has 37 heavy (non-hydrogen) atoms. The summed E-state index contributed by atoms with van der Waals surface area (Å²) in [6.45, 7) is 1.61. The Kier molecular flexibility index (Phi) is 6.52. The molecule has 1 N–H and O–H groups in total. The minimum Gasteiger partial charge on any atom is -0.483 e. The van der Waals surface area contributed by atoms with Gasteiger partial charge in [-0.1, -0.05) is 13.3 Å². The fourth-order valence-electron chi connectivity index (χ4n) is 5.47. The van der Waals surface area contributed by atoms with Crippen LogP contribution in [0.4, 0.5) is 38.1 Å². The van der Waals surface area contributed by atoms with Crippen molar-refractivity contribution in [2.24, 2.45) is 17.8 Å². The lowest BCUT2D eigenvalue weighted by Gasteiger charge is -2.37. The number of halogens is 6. The molecule has 0 aromatic carbocycles. The second-order valence-electron chi connectivity index (χ2n) is 9.57. The van der Waals surface area contributed by atoms with E-state index in [1.807, 2.05) is 4.90 Å². The first-order chi connectivity index (χ1) is 17.6. The molecule has 14 heteroatoms. The Bertz CT molecular complexity index is 1250. The average Bonchev–Trinajstić information content (AvgIpc) is 3.45. The number of aromatic nitrogens is 5. The van der Waals surface area contributed by atoms with Gasteiger partial charge in [0.2, 0.25) is 5.95 Å². The van der Waals surface area contributed by atoms with Crippen LogP contribution in [0.15, 0.2) is 30.9 Å². The van der Waals surface area contributed by atoms with Crippen molar-refractivity contribution in [2.45, 2.75) is 44.3 Å². The molecule has 4 heterocycles. The highest BCUT2D eigenvalue weighted by atomic mass is 19.4. The molecule has 2 aliphatic rings. The summed E-state index contributed by atoms with van der Waals surface area (Å²) in [4.78, 5) is 14.1. The minimum atomic E-state index is -5.72. The standard InChI is InChI=1S/C23H25F6N7O/c1-2-13-6-15(7-14-9-35(10-16(13)14)19-17(24)8-30-12-31-19)32-21-33-20-18(4-3-5-36(20)34-21)37-11-22(25,26)23(27,28)29/h3-5,8,12-16H,2,6-7,9-11H2,1H3,(H,32,34)/t13-,14+,15?,16?/m0/s1. The van der Waals surface area contributed by atoms with E-state index in [1.54, 1.807) is 0 Å². The molecule has 1 saturated heterocycles. The molecule has 0 amide bonds. The summed E-state index contributed by atoms with van der Waals surface area (Å²) in [6, 6.07) is 2.68. The van der Waals surface area contributed by atoms with Crippen molar-refractivity contribution in [3.63, 3.8) is 0 Å². The number of rotatable bonds is 7. The molecule has 2 unspecified atom stereocenters. The zero-order valence-electron chi connectivity index (χ0n) is 19.8. The first kappa shape index (κ1) is 25.3. The first-order valence-electron chi connectivity index (χ1n) is 12.0. The van der Waals surface area contributed by atoms with Crippen molar-refractivity contribution in [3.8, 4) is 5.75 Å². The number of hydrogen-bond acceptors (Lipinski definition) is 7. The summed E-state index contributed by atoms with van der Waals surface area (Å²) in [5, 5.41) is 7.59. The highest BCUT2D eigenvalue weighted by molar-refractivity contribution is 5.55. The number of alkyl halides is 5. The highest BCUT2D eigenvalue weighted by Crippen LogP contribution is 2.43. The molecule has 5 rings (SSSR count). The zero-order valence-corrected chi connectivity index (χ0v) is 19.8. The Balaban J connectivity index is 1.29. The molecule has 0 spiro atoms. The van der Waals surface area contributed by atoms with Gasteiger partial charge < -0.3 is 15.0 Å². The van der Waals surface area contributed by atoms with E-state index in [1.165, 1.54) is 29.2 Å². The zero-order chi connectivity index (χ0) is 26.4. The molecule has 0 bridgehead atoms. The van der Waals surface area contributed by atoms with Gasteiger partial charge in [-0.3, -0.25) is 0 Å². The van der Waals surface area contributed by atoms with Crippen molar-refractivity contribution in [2.75, 3.05) is 29.9 Å². The maximum absolute atomic E-state index is 14.3. The van der Waals surface area contributed by atoms with Crippen LogP contribution in [-0.2, 0) is 0 Å². The molecular formula is C23H25F6N7O. The Morgan fingerprint density at radius 1 is 1.16 bits per heavy atom. The first-order valence-corrected chi connectivity index (χ1v) is 12.0. The fourth-order valence-corrected chi connectivity index (χ4v) is 5.47. The number of nitrogens with zero attached hydrogens (tertiary/aromatic N) is 6. The lowest BCUT2D eigenvalue weighted by atomic mass is 9.71. The molecule has 200 valence electrons. The average molecular weight is 529 g/mol. The van der Waals surface area contributed by atoms with E-state index in [4.69, 9.17) is 4.74 Å². The van der Waals surface area contributed by atoms with E-state index in [9.17, 15) is 26.3 Å². The number of pyridine rings is 1. The van der Waals surface area contributed by atoms with Crippen molar-refractivity contribution in [1.82, 2.24) is 24.6 Å². The molecule has 1 aliphatic heterocycles. The van der Waals surface area contributed by atoms with E-state index in [-0.39, 0.29) is 29.3 Å². The van der Waals surface area contributed by atoms with Crippen molar-refractivity contribution in [1.29, 1.82) is 0 Å². The summed E-state index contributed by atoms with van der Waals surface area (Å²) in [7, 11) is 0. The second-order valence-corrected chi connectivity index (χ2v) is 9.57. The molecule has 3 aromatic rings. The van der Waals surface area contributed by atoms with Crippen LogP contribution in [0.5, 0.6) is 5.75 Å². The largest absolute Gasteiger partial charge is 0.483 e. The van der Waals surface area contributed by atoms with Gasteiger partial charge in [0.1, 0.15) is 6.33 Å². The summed E-state index contributed by atoms with van der Waals surface area (Å²) < 4.78 is 84.5. The predicted molar refractivity (Wildman–Crippen MR) is 121 cm³/mol. The van der Waals surface area contributed by atoms with Gasteiger partial charge in [0, 0.05) is 25.3 Å². The third-order valence-corrected chi connectivity index (χ3v) is 7.23. The molecule has 0 radical (unpaired) electrons. The van der Waals surface area contributed by atoms with Gasteiger partial charge in [-0.25, -0.2) is 18.9 Å². The van der Waals surface area contributed by atoms with Crippen molar-refractivity contribution >= 4 is 17.4 Å². The minimum absolute atomic E-state index is 0.00209. The molecule has 3 aromatic heterocycles. The van der Waals surface area contributed by atoms with E-state index in [0.29, 0.717) is 30.7 Å². The Morgan fingerprint density at radius 2 is 1.97 bits per heavy atom. The van der Waals surface area contributed by atoms with Gasteiger partial charge in [0.15, 0.2) is 29.6 Å². The fraction of sp³-hybridized carbons (Fsp3) is 0.565. The summed E-state index contributed by atoms with van der Waals surface area (Å²) in [5.41, 5.74) is 0.0231. The van der Waals surface area contributed by atoms with Crippen LogP contribution in [0.2, 0.25) is 0 Å². The lowest BCUT2D eigenvalue weighted by Crippen LogP contribution is -2.41. The van der Waals surface area contributed by atoms with E-state index >= 15 is 0 Å². The Morgan fingerprint density at radius 3 is 2.70 bits per heavy atom. The van der Waals surface area contributed by atoms with Crippen LogP contribution >= 0.6 is 0 Å². The molecular weight excluding hydrogens is 504 g/mol. The maximum atomic E-state index is 14.3. The molecule has 1 saturated carbocycles. The topological polar surface area (TPSA) is 80.5 Å². The highest BCUT2D eigenvalue weighted by Gasteiger charge is 2.58. The van der Waals surface area contributed by atoms with Crippen LogP contribution in [-0.4, -0.2) is 62.4 Å². The Labute approximate surface area is 208 Å². The Hall–Kier alpha value is -3.32. The van der Waals surface area contributed by atoms with Crippen molar-refractivity contribution in [3.05, 3.63) is 36.7 Å². The van der Waals surface area contributed by atoms with Gasteiger partial charge in [0.25, 0.3) is 0 Å². The quantitative estimate of drug-likeness (QED) is 0.449. The third kappa shape index (κ3) is 4.97. The van der Waals surface area contributed by atoms with Crippen LogP contribution in [0.1, 0.15) is 26.2 Å². The monoisotopic (exact) mass is 529 g/mol. The molecule has 4 atom stereocenters. The molecule has 8 nitrogen and oxygen atoms in total. The molecule has 1 aliphatic carbocycles. The van der Waals surface area contributed by atoms with Gasteiger partial charge >= 0.3 is 12.1 Å². The third-order valence-electron chi connectivity index (χ3n) is 7.23. The van der Waals surface area contributed by atoms with Crippen LogP contribution in [0.3, 0.4) is 0 Å². The lowest BCUT2D eigenvalue weighted by molar-refractivity contribution is -0.289. The predicted octanol–water partition coefficient (Wildman–Crippen LogP) is 4.59. The number of ether oxygens (including phenoxy) is 1. The normalized spacial score (nSPS) is 24.4. The van der Waals surface area contributed by atoms with Gasteiger partial charge in [0.05, 0.1) is 6.20 Å². The van der Waals surface area contributed by atoms with E-state index in [0.717, 1.165) is 25.5 Å². The van der Waals surface area contributed by atoms with Crippen LogP contribution in [0.25, 0.3) is 5.65 Å². The SMILES string of the molecule is CC[C@H]1CC(Nc2nc3c(OCC(F)(F)C(F)(F)F)cccn3n2)C[C@@H]2CN(c3ncncc3F)CC21. The van der Waals surface area contributed by atoms with E-state index in [2.05, 4.69) is 32.3 Å². The number of fused-ring (bicyclic) bond motifs is 2. The van der Waals surface area contributed by atoms with Gasteiger partial charge in [-0.05, 0) is 42.7 Å². The number of nitrogens with one attached hydrogen (secondary N) is 1. The second kappa shape index (κ2) is 9.53. The number of hydrogen-bond donors (Lipinski definition) is 1. The maximum Gasteiger partial charge on any atom is 0.456 e. The smallest absolute Gasteiger partial charge is 0.456 e. The van der Waals surface area contributed by atoms with Gasteiger partial charge in [-0.2, -0.15) is 26.9 Å². The number of anilines is 2. The van der Waals surface area contributed by atoms with Crippen LogP contribution < -0.4 is 15.0 Å². The van der Waals surface area contributed by atoms with E-state index < -0.39 is 24.5 Å². The summed E-state index contributed by atoms with van der Waals surface area (Å²) in [5.74, 6) is -4.15. The summed E-state index contributed by atoms with van der Waals surface area (Å²) >= 11 is 0. The van der Waals surface area contributed by atoms with Crippen molar-refractivity contribution < 1.29 is 31.1 Å². The molecule has 2 fully saturated rings. The summed E-state index contributed by atoms with van der Waals surface area (Å²) in [6.07, 6.45) is 0.808. The van der Waals surface area contributed by atoms with Gasteiger partial charge in [-0.15, -0.1) is 5.10 Å².